The number of carbonyl (C=O) groups is 1. The molecular weight excluding hydrogens is 266 g/mol. The molecule has 5 nitrogen and oxygen atoms in total. The summed E-state index contributed by atoms with van der Waals surface area (Å²) in [5, 5.41) is 22.6. The van der Waals surface area contributed by atoms with Gasteiger partial charge in [0.1, 0.15) is 5.92 Å². The Morgan fingerprint density at radius 3 is 2.89 bits per heavy atom. The largest absolute Gasteiger partial charge is 0.481 e. The minimum Gasteiger partial charge on any atom is -0.481 e. The van der Waals surface area contributed by atoms with Gasteiger partial charge in [0.25, 0.3) is 5.54 Å². The first kappa shape index (κ1) is 13.6. The highest BCUT2D eigenvalue weighted by Crippen LogP contribution is 2.36. The molecule has 2 aliphatic rings. The van der Waals surface area contributed by atoms with Crippen molar-refractivity contribution in [2.45, 2.75) is 12.0 Å². The van der Waals surface area contributed by atoms with Crippen LogP contribution in [0.3, 0.4) is 0 Å². The van der Waals surface area contributed by atoms with E-state index in [2.05, 4.69) is 0 Å². The summed E-state index contributed by atoms with van der Waals surface area (Å²) >= 11 is 1.55. The SMILES string of the molecule is O=C(O)C1C=CC=CC1(CC1=CC=CSC1)[N+](=O)[O-]. The molecule has 0 fully saturated rings. The van der Waals surface area contributed by atoms with E-state index >= 15 is 0 Å². The summed E-state index contributed by atoms with van der Waals surface area (Å²) in [5.41, 5.74) is -0.701. The monoisotopic (exact) mass is 279 g/mol. The van der Waals surface area contributed by atoms with Crippen molar-refractivity contribution >= 4 is 17.7 Å². The summed E-state index contributed by atoms with van der Waals surface area (Å²) in [7, 11) is 0. The average molecular weight is 279 g/mol. The van der Waals surface area contributed by atoms with Crippen LogP contribution in [0.15, 0.2) is 47.4 Å². The van der Waals surface area contributed by atoms with Crippen molar-refractivity contribution in [2.75, 3.05) is 5.75 Å². The second-order valence-corrected chi connectivity index (χ2v) is 5.34. The number of carboxylic acids is 1. The van der Waals surface area contributed by atoms with Crippen LogP contribution in [0.25, 0.3) is 0 Å². The van der Waals surface area contributed by atoms with E-state index in [9.17, 15) is 20.0 Å². The third-order valence-electron chi connectivity index (χ3n) is 3.23. The fraction of sp³-hybridized carbons (Fsp3) is 0.308. The lowest BCUT2D eigenvalue weighted by Crippen LogP contribution is -2.48. The molecule has 0 aromatic rings. The molecule has 100 valence electrons. The van der Waals surface area contributed by atoms with Gasteiger partial charge in [-0.05, 0) is 11.5 Å². The highest BCUT2D eigenvalue weighted by molar-refractivity contribution is 8.02. The lowest BCUT2D eigenvalue weighted by molar-refractivity contribution is -0.560. The maximum absolute atomic E-state index is 11.5. The quantitative estimate of drug-likeness (QED) is 0.631. The van der Waals surface area contributed by atoms with Crippen molar-refractivity contribution in [3.8, 4) is 0 Å². The third kappa shape index (κ3) is 2.63. The smallest absolute Gasteiger partial charge is 0.318 e. The Morgan fingerprint density at radius 2 is 2.32 bits per heavy atom. The lowest BCUT2D eigenvalue weighted by atomic mass is 9.76. The van der Waals surface area contributed by atoms with Crippen LogP contribution in [0.1, 0.15) is 6.42 Å². The molecule has 0 amide bonds. The maximum atomic E-state index is 11.5. The molecule has 1 N–H and O–H groups in total. The molecule has 0 spiro atoms. The number of nitro groups is 1. The molecule has 1 heterocycles. The minimum absolute atomic E-state index is 0.120. The second kappa shape index (κ2) is 5.44. The van der Waals surface area contributed by atoms with E-state index in [-0.39, 0.29) is 6.42 Å². The van der Waals surface area contributed by atoms with Crippen molar-refractivity contribution in [3.05, 3.63) is 57.6 Å². The summed E-state index contributed by atoms with van der Waals surface area (Å²) in [4.78, 5) is 22.3. The van der Waals surface area contributed by atoms with Crippen molar-refractivity contribution in [1.29, 1.82) is 0 Å². The van der Waals surface area contributed by atoms with E-state index in [4.69, 9.17) is 0 Å². The van der Waals surface area contributed by atoms with E-state index in [0.29, 0.717) is 5.75 Å². The zero-order chi connectivity index (χ0) is 13.9. The van der Waals surface area contributed by atoms with Crippen LogP contribution < -0.4 is 0 Å². The van der Waals surface area contributed by atoms with Gasteiger partial charge < -0.3 is 5.11 Å². The predicted octanol–water partition coefficient (Wildman–Crippen LogP) is 2.41. The van der Waals surface area contributed by atoms with Crippen molar-refractivity contribution < 1.29 is 14.8 Å². The fourth-order valence-electron chi connectivity index (χ4n) is 2.28. The minimum atomic E-state index is -1.59. The summed E-state index contributed by atoms with van der Waals surface area (Å²) < 4.78 is 0. The van der Waals surface area contributed by atoms with Crippen molar-refractivity contribution in [2.24, 2.45) is 5.92 Å². The van der Waals surface area contributed by atoms with Crippen molar-refractivity contribution in [1.82, 2.24) is 0 Å². The van der Waals surface area contributed by atoms with E-state index in [1.807, 2.05) is 17.6 Å². The number of hydrogen-bond acceptors (Lipinski definition) is 4. The van der Waals surface area contributed by atoms with Crippen LogP contribution in [-0.2, 0) is 4.79 Å². The van der Waals surface area contributed by atoms with Crippen molar-refractivity contribution in [3.63, 3.8) is 0 Å². The molecule has 1 aliphatic carbocycles. The Kier molecular flexibility index (Phi) is 3.90. The van der Waals surface area contributed by atoms with Gasteiger partial charge in [-0.15, -0.1) is 11.8 Å². The molecule has 2 unspecified atom stereocenters. The molecule has 0 radical (unpaired) electrons. The van der Waals surface area contributed by atoms with Crippen LogP contribution in [0.5, 0.6) is 0 Å². The van der Waals surface area contributed by atoms with Gasteiger partial charge >= 0.3 is 5.97 Å². The Morgan fingerprint density at radius 1 is 1.53 bits per heavy atom. The topological polar surface area (TPSA) is 80.4 Å². The van der Waals surface area contributed by atoms with Gasteiger partial charge in [0, 0.05) is 17.1 Å². The molecule has 6 heteroatoms. The first-order valence-electron chi connectivity index (χ1n) is 5.76. The Bertz CT molecular complexity index is 521. The van der Waals surface area contributed by atoms with E-state index in [1.165, 1.54) is 12.2 Å². The van der Waals surface area contributed by atoms with Crippen LogP contribution in [0.4, 0.5) is 0 Å². The summed E-state index contributed by atoms with van der Waals surface area (Å²) in [5.74, 6) is -1.64. The van der Waals surface area contributed by atoms with E-state index in [0.717, 1.165) is 5.57 Å². The van der Waals surface area contributed by atoms with E-state index in [1.54, 1.807) is 23.9 Å². The lowest BCUT2D eigenvalue weighted by Gasteiger charge is -2.29. The second-order valence-electron chi connectivity index (χ2n) is 4.45. The van der Waals surface area contributed by atoms with Crippen LogP contribution >= 0.6 is 11.8 Å². The standard InChI is InChI=1S/C13H13NO4S/c15-12(16)11-5-1-2-6-13(11,14(17)18)8-10-4-3-7-19-9-10/h1-7,11H,8-9H2,(H,15,16). The number of carboxylic acid groups (broad SMARTS) is 1. The molecule has 0 bridgehead atoms. The number of thioether (sulfide) groups is 1. The summed E-state index contributed by atoms with van der Waals surface area (Å²) in [6.07, 6.45) is 9.66. The number of aliphatic carboxylic acids is 1. The Balaban J connectivity index is 2.36. The van der Waals surface area contributed by atoms with Gasteiger partial charge in [-0.25, -0.2) is 0 Å². The molecule has 0 saturated heterocycles. The predicted molar refractivity (Wildman–Crippen MR) is 73.4 cm³/mol. The highest BCUT2D eigenvalue weighted by atomic mass is 32.2. The zero-order valence-electron chi connectivity index (χ0n) is 10.1. The number of nitrogens with zero attached hydrogens (tertiary/aromatic N) is 1. The van der Waals surface area contributed by atoms with Gasteiger partial charge in [0.15, 0.2) is 0 Å². The molecule has 2 atom stereocenters. The van der Waals surface area contributed by atoms with Crippen LogP contribution in [-0.4, -0.2) is 27.3 Å². The Hall–Kier alpha value is -1.82. The Labute approximate surface area is 114 Å². The average Bonchev–Trinajstić information content (AvgIpc) is 2.40. The summed E-state index contributed by atoms with van der Waals surface area (Å²) in [6.45, 7) is 0. The molecule has 0 aromatic heterocycles. The van der Waals surface area contributed by atoms with Gasteiger partial charge in [-0.3, -0.25) is 14.9 Å². The van der Waals surface area contributed by atoms with E-state index < -0.39 is 22.3 Å². The first-order valence-corrected chi connectivity index (χ1v) is 6.80. The molecule has 19 heavy (non-hydrogen) atoms. The molecular formula is C13H13NO4S. The van der Waals surface area contributed by atoms with Gasteiger partial charge in [-0.1, -0.05) is 36.0 Å². The first-order chi connectivity index (χ1) is 9.06. The number of rotatable bonds is 4. The number of hydrogen-bond donors (Lipinski definition) is 1. The molecule has 1 aliphatic heterocycles. The fourth-order valence-corrected chi connectivity index (χ4v) is 2.98. The normalized spacial score (nSPS) is 29.1. The van der Waals surface area contributed by atoms with Crippen LogP contribution in [0, 0.1) is 16.0 Å². The molecule has 2 rings (SSSR count). The van der Waals surface area contributed by atoms with Gasteiger partial charge in [0.2, 0.25) is 0 Å². The van der Waals surface area contributed by atoms with Crippen LogP contribution in [0.2, 0.25) is 0 Å². The van der Waals surface area contributed by atoms with Gasteiger partial charge in [-0.2, -0.15) is 0 Å². The van der Waals surface area contributed by atoms with Gasteiger partial charge in [0.05, 0.1) is 0 Å². The molecule has 0 aromatic carbocycles. The number of allylic oxidation sites excluding steroid dienone is 4. The maximum Gasteiger partial charge on any atom is 0.318 e. The third-order valence-corrected chi connectivity index (χ3v) is 4.12. The molecule has 0 saturated carbocycles. The summed E-state index contributed by atoms with van der Waals surface area (Å²) in [6, 6.07) is 0. The highest BCUT2D eigenvalue weighted by Gasteiger charge is 2.52. The zero-order valence-corrected chi connectivity index (χ0v) is 10.9.